The van der Waals surface area contributed by atoms with Gasteiger partial charge in [0, 0.05) is 28.0 Å². The lowest BCUT2D eigenvalue weighted by molar-refractivity contribution is -0.0216. The summed E-state index contributed by atoms with van der Waals surface area (Å²) in [6.45, 7) is 1.59. The van der Waals surface area contributed by atoms with Crippen LogP contribution >= 0.6 is 0 Å². The van der Waals surface area contributed by atoms with Crippen LogP contribution in [-0.2, 0) is 4.74 Å². The number of carbonyl (C=O) groups excluding carboxylic acids is 1. The monoisotopic (exact) mass is 339 g/mol. The van der Waals surface area contributed by atoms with Crippen LogP contribution in [-0.4, -0.2) is 33.6 Å². The van der Waals surface area contributed by atoms with Gasteiger partial charge in [0.15, 0.2) is 6.23 Å². The van der Waals surface area contributed by atoms with Crippen molar-refractivity contribution in [3.8, 4) is 5.75 Å². The third-order valence-electron chi connectivity index (χ3n) is 4.64. The summed E-state index contributed by atoms with van der Waals surface area (Å²) in [5, 5.41) is 33.9. The fraction of sp³-hybridized carbons (Fsp3) is 0.211. The lowest BCUT2D eigenvalue weighted by Gasteiger charge is -2.27. The molecule has 2 heterocycles. The number of fused-ring (bicyclic) bond motifs is 2. The Morgan fingerprint density at radius 2 is 1.92 bits per heavy atom. The number of carbonyl (C=O) groups is 1. The quantitative estimate of drug-likeness (QED) is 0.595. The van der Waals surface area contributed by atoms with E-state index in [9.17, 15) is 20.1 Å². The number of para-hydroxylation sites is 1. The maximum absolute atomic E-state index is 12.1. The second-order valence-corrected chi connectivity index (χ2v) is 6.22. The van der Waals surface area contributed by atoms with Crippen LogP contribution in [0, 0.1) is 0 Å². The maximum Gasteiger partial charge on any atom is 0.342 e. The van der Waals surface area contributed by atoms with Gasteiger partial charge in [-0.3, -0.25) is 0 Å². The Hall–Kier alpha value is -2.83. The molecule has 6 heteroatoms. The Kier molecular flexibility index (Phi) is 3.52. The van der Waals surface area contributed by atoms with Gasteiger partial charge in [0.1, 0.15) is 23.5 Å². The van der Waals surface area contributed by atoms with Crippen LogP contribution in [0.2, 0.25) is 0 Å². The lowest BCUT2D eigenvalue weighted by Crippen LogP contribution is -2.30. The van der Waals surface area contributed by atoms with E-state index in [2.05, 4.69) is 5.32 Å². The highest BCUT2D eigenvalue weighted by molar-refractivity contribution is 5.99. The van der Waals surface area contributed by atoms with E-state index >= 15 is 0 Å². The molecule has 0 saturated carbocycles. The molecule has 0 saturated heterocycles. The van der Waals surface area contributed by atoms with Gasteiger partial charge < -0.3 is 25.4 Å². The van der Waals surface area contributed by atoms with E-state index in [4.69, 9.17) is 4.74 Å². The summed E-state index contributed by atoms with van der Waals surface area (Å²) >= 11 is 0. The van der Waals surface area contributed by atoms with E-state index in [-0.39, 0.29) is 11.3 Å². The first-order valence-corrected chi connectivity index (χ1v) is 7.98. The number of phenolic OH excluding ortho intramolecular Hbond substituents is 1. The Bertz CT molecular complexity index is 905. The molecule has 0 radical (unpaired) electrons. The largest absolute Gasteiger partial charge is 0.506 e. The van der Waals surface area contributed by atoms with E-state index in [0.29, 0.717) is 16.7 Å². The summed E-state index contributed by atoms with van der Waals surface area (Å²) in [5.74, 6) is -0.937. The molecule has 4 rings (SSSR count). The Balaban J connectivity index is 1.84. The summed E-state index contributed by atoms with van der Waals surface area (Å²) in [6.07, 6.45) is -0.946. The molecule has 0 aliphatic carbocycles. The van der Waals surface area contributed by atoms with Crippen LogP contribution < -0.4 is 5.32 Å². The molecule has 128 valence electrons. The second kappa shape index (κ2) is 5.61. The number of benzene rings is 2. The SMILES string of the molecule is C[C@H]1OC(=O)c2c(ccc(/C=C3/c4ccccc4NC3O)c2O)[C@H]1O. The van der Waals surface area contributed by atoms with Crippen LogP contribution in [0.5, 0.6) is 5.75 Å². The fourth-order valence-corrected chi connectivity index (χ4v) is 3.30. The minimum Gasteiger partial charge on any atom is -0.506 e. The zero-order chi connectivity index (χ0) is 17.7. The number of ether oxygens (including phenoxy) is 1. The van der Waals surface area contributed by atoms with Crippen molar-refractivity contribution in [2.75, 3.05) is 5.32 Å². The molecule has 2 aliphatic heterocycles. The molecular weight excluding hydrogens is 322 g/mol. The average molecular weight is 339 g/mol. The van der Waals surface area contributed by atoms with Crippen molar-refractivity contribution in [3.05, 3.63) is 58.7 Å². The predicted octanol–water partition coefficient (Wildman–Crippen LogP) is 2.27. The van der Waals surface area contributed by atoms with Gasteiger partial charge in [-0.05, 0) is 19.1 Å². The van der Waals surface area contributed by atoms with Crippen molar-refractivity contribution in [3.63, 3.8) is 0 Å². The maximum atomic E-state index is 12.1. The summed E-state index contributed by atoms with van der Waals surface area (Å²) in [4.78, 5) is 12.1. The molecule has 3 atom stereocenters. The van der Waals surface area contributed by atoms with Crippen molar-refractivity contribution in [2.45, 2.75) is 25.4 Å². The van der Waals surface area contributed by atoms with Crippen molar-refractivity contribution >= 4 is 23.3 Å². The molecule has 6 nitrogen and oxygen atoms in total. The first kappa shape index (κ1) is 15.7. The number of esters is 1. The fourth-order valence-electron chi connectivity index (χ4n) is 3.30. The van der Waals surface area contributed by atoms with Gasteiger partial charge >= 0.3 is 5.97 Å². The van der Waals surface area contributed by atoms with Crippen molar-refractivity contribution in [1.29, 1.82) is 0 Å². The van der Waals surface area contributed by atoms with E-state index in [1.165, 1.54) is 0 Å². The van der Waals surface area contributed by atoms with Crippen molar-refractivity contribution in [2.24, 2.45) is 0 Å². The van der Waals surface area contributed by atoms with Crippen LogP contribution in [0.15, 0.2) is 36.4 Å². The van der Waals surface area contributed by atoms with Crippen LogP contribution in [0.3, 0.4) is 0 Å². The lowest BCUT2D eigenvalue weighted by atomic mass is 9.92. The zero-order valence-corrected chi connectivity index (χ0v) is 13.4. The second-order valence-electron chi connectivity index (χ2n) is 6.22. The molecular formula is C19H17NO5. The number of phenols is 1. The number of cyclic esters (lactones) is 1. The van der Waals surface area contributed by atoms with Gasteiger partial charge in [-0.25, -0.2) is 4.79 Å². The smallest absolute Gasteiger partial charge is 0.342 e. The average Bonchev–Trinajstić information content (AvgIpc) is 2.90. The van der Waals surface area contributed by atoms with Crippen molar-refractivity contribution < 1.29 is 24.9 Å². The highest BCUT2D eigenvalue weighted by Gasteiger charge is 2.34. The first-order valence-electron chi connectivity index (χ1n) is 7.98. The van der Waals surface area contributed by atoms with Gasteiger partial charge in [-0.2, -0.15) is 0 Å². The van der Waals surface area contributed by atoms with E-state index in [1.54, 1.807) is 25.1 Å². The summed E-state index contributed by atoms with van der Waals surface area (Å²) < 4.78 is 5.08. The zero-order valence-electron chi connectivity index (χ0n) is 13.4. The molecule has 25 heavy (non-hydrogen) atoms. The number of aliphatic hydroxyl groups excluding tert-OH is 2. The topological polar surface area (TPSA) is 99.0 Å². The molecule has 1 unspecified atom stereocenters. The normalized spacial score (nSPS) is 26.0. The highest BCUT2D eigenvalue weighted by atomic mass is 16.6. The molecule has 4 N–H and O–H groups in total. The summed E-state index contributed by atoms with van der Waals surface area (Å²) in [5.41, 5.74) is 2.88. The molecule has 0 fully saturated rings. The molecule has 0 aromatic heterocycles. The number of rotatable bonds is 1. The third kappa shape index (κ3) is 2.38. The van der Waals surface area contributed by atoms with E-state index in [0.717, 1.165) is 11.3 Å². The van der Waals surface area contributed by atoms with Gasteiger partial charge in [-0.15, -0.1) is 0 Å². The summed E-state index contributed by atoms with van der Waals surface area (Å²) in [7, 11) is 0. The Labute approximate surface area is 144 Å². The Morgan fingerprint density at radius 1 is 1.16 bits per heavy atom. The molecule has 0 spiro atoms. The van der Waals surface area contributed by atoms with Crippen molar-refractivity contribution in [1.82, 2.24) is 0 Å². The number of anilines is 1. The van der Waals surface area contributed by atoms with E-state index < -0.39 is 24.4 Å². The van der Waals surface area contributed by atoms with Gasteiger partial charge in [-0.1, -0.05) is 30.3 Å². The number of aromatic hydroxyl groups is 1. The number of hydrogen-bond acceptors (Lipinski definition) is 6. The van der Waals surface area contributed by atoms with Gasteiger partial charge in [0.05, 0.1) is 0 Å². The highest BCUT2D eigenvalue weighted by Crippen LogP contribution is 2.40. The van der Waals surface area contributed by atoms with Crippen LogP contribution in [0.1, 0.15) is 40.1 Å². The molecule has 0 amide bonds. The third-order valence-corrected chi connectivity index (χ3v) is 4.64. The minimum atomic E-state index is -0.986. The minimum absolute atomic E-state index is 0.0336. The van der Waals surface area contributed by atoms with Gasteiger partial charge in [0.2, 0.25) is 0 Å². The number of nitrogens with one attached hydrogen (secondary N) is 1. The first-order chi connectivity index (χ1) is 12.0. The standard InChI is InChI=1S/C19H17NO5/c1-9-16(21)12-7-6-10(17(22)15(12)19(24)25-9)8-13-11-4-2-3-5-14(11)20-18(13)23/h2-9,16,18,20-23H,1H3/b13-8-/t9-,16+,18?/m1/s1. The molecule has 2 aliphatic rings. The van der Waals surface area contributed by atoms with Crippen LogP contribution in [0.25, 0.3) is 11.6 Å². The van der Waals surface area contributed by atoms with E-state index in [1.807, 2.05) is 24.3 Å². The Morgan fingerprint density at radius 3 is 2.72 bits per heavy atom. The molecule has 2 aromatic carbocycles. The number of aliphatic hydroxyl groups is 2. The molecule has 0 bridgehead atoms. The predicted molar refractivity (Wildman–Crippen MR) is 91.9 cm³/mol. The molecule has 2 aromatic rings. The van der Waals surface area contributed by atoms with Crippen LogP contribution in [0.4, 0.5) is 5.69 Å². The summed E-state index contributed by atoms with van der Waals surface area (Å²) in [6, 6.07) is 10.6. The number of hydrogen-bond donors (Lipinski definition) is 4. The van der Waals surface area contributed by atoms with Gasteiger partial charge in [0.25, 0.3) is 0 Å².